The highest BCUT2D eigenvalue weighted by molar-refractivity contribution is 5.78. The number of rotatable bonds is 7. The molecule has 1 aromatic rings. The van der Waals surface area contributed by atoms with Crippen LogP contribution in [0.4, 0.5) is 0 Å². The van der Waals surface area contributed by atoms with Gasteiger partial charge in [-0.2, -0.15) is 0 Å². The fourth-order valence-corrected chi connectivity index (χ4v) is 1.78. The minimum Gasteiger partial charge on any atom is -0.352 e. The van der Waals surface area contributed by atoms with Crippen LogP contribution >= 0.6 is 0 Å². The number of hydrogen-bond donors (Lipinski definition) is 2. The first-order valence-electron chi connectivity index (χ1n) is 7.20. The lowest BCUT2D eigenvalue weighted by molar-refractivity contribution is -0.124. The Kier molecular flexibility index (Phi) is 6.68. The molecule has 0 aromatic heterocycles. The smallest absolute Gasteiger partial charge is 0.224 e. The Morgan fingerprint density at radius 1 is 1.30 bits per heavy atom. The van der Waals surface area contributed by atoms with Gasteiger partial charge in [-0.1, -0.05) is 31.2 Å². The molecule has 4 heteroatoms. The zero-order valence-corrected chi connectivity index (χ0v) is 13.0. The molecule has 0 bridgehead atoms. The molecule has 0 saturated heterocycles. The van der Waals surface area contributed by atoms with Crippen LogP contribution in [0.1, 0.15) is 31.9 Å². The van der Waals surface area contributed by atoms with Crippen molar-refractivity contribution >= 4 is 5.91 Å². The molecule has 20 heavy (non-hydrogen) atoms. The Labute approximate surface area is 122 Å². The van der Waals surface area contributed by atoms with Gasteiger partial charge in [-0.3, -0.25) is 9.69 Å². The highest BCUT2D eigenvalue weighted by Crippen LogP contribution is 2.09. The lowest BCUT2D eigenvalue weighted by Crippen LogP contribution is -2.32. The summed E-state index contributed by atoms with van der Waals surface area (Å²) >= 11 is 0. The van der Waals surface area contributed by atoms with E-state index in [0.717, 1.165) is 12.1 Å². The molecule has 1 rings (SSSR count). The fraction of sp³-hybridized carbons (Fsp3) is 0.562. The van der Waals surface area contributed by atoms with Gasteiger partial charge in [0, 0.05) is 31.6 Å². The Morgan fingerprint density at radius 2 is 1.95 bits per heavy atom. The van der Waals surface area contributed by atoms with Gasteiger partial charge in [0.2, 0.25) is 5.91 Å². The third-order valence-corrected chi connectivity index (χ3v) is 3.57. The summed E-state index contributed by atoms with van der Waals surface area (Å²) in [6.45, 7) is 8.05. The molecule has 3 N–H and O–H groups in total. The second kappa shape index (κ2) is 8.02. The molecule has 0 saturated carbocycles. The Bertz CT molecular complexity index is 431. The minimum absolute atomic E-state index is 0.0113. The van der Waals surface area contributed by atoms with Crippen molar-refractivity contribution in [2.24, 2.45) is 11.7 Å². The highest BCUT2D eigenvalue weighted by atomic mass is 16.1. The first kappa shape index (κ1) is 16.7. The van der Waals surface area contributed by atoms with Crippen LogP contribution in [0.5, 0.6) is 0 Å². The largest absolute Gasteiger partial charge is 0.352 e. The van der Waals surface area contributed by atoms with E-state index < -0.39 is 0 Å². The van der Waals surface area contributed by atoms with Gasteiger partial charge in [0.05, 0.1) is 0 Å². The molecule has 0 spiro atoms. The van der Waals surface area contributed by atoms with Gasteiger partial charge in [0.15, 0.2) is 0 Å². The van der Waals surface area contributed by atoms with Crippen molar-refractivity contribution < 1.29 is 4.79 Å². The SMILES string of the molecule is CC(CN)C(=O)NCc1cccc(CN(C)C(C)C)c1. The zero-order chi connectivity index (χ0) is 15.1. The fourth-order valence-electron chi connectivity index (χ4n) is 1.78. The average Bonchev–Trinajstić information content (AvgIpc) is 2.44. The van der Waals surface area contributed by atoms with Gasteiger partial charge >= 0.3 is 0 Å². The van der Waals surface area contributed by atoms with Gasteiger partial charge in [-0.05, 0) is 32.0 Å². The van der Waals surface area contributed by atoms with E-state index >= 15 is 0 Å². The molecule has 0 fully saturated rings. The van der Waals surface area contributed by atoms with Crippen molar-refractivity contribution in [3.05, 3.63) is 35.4 Å². The van der Waals surface area contributed by atoms with Gasteiger partial charge in [0.25, 0.3) is 0 Å². The molecular weight excluding hydrogens is 250 g/mol. The Balaban J connectivity index is 2.58. The summed E-state index contributed by atoms with van der Waals surface area (Å²) in [4.78, 5) is 14.0. The summed E-state index contributed by atoms with van der Waals surface area (Å²) < 4.78 is 0. The van der Waals surface area contributed by atoms with E-state index in [1.165, 1.54) is 5.56 Å². The van der Waals surface area contributed by atoms with Crippen LogP contribution in [0, 0.1) is 5.92 Å². The molecule has 4 nitrogen and oxygen atoms in total. The number of carbonyl (C=O) groups is 1. The lowest BCUT2D eigenvalue weighted by atomic mass is 10.1. The predicted octanol–water partition coefficient (Wildman–Crippen LogP) is 1.74. The first-order valence-corrected chi connectivity index (χ1v) is 7.20. The molecule has 112 valence electrons. The van der Waals surface area contributed by atoms with E-state index in [4.69, 9.17) is 5.73 Å². The molecular formula is C16H27N3O. The second-order valence-electron chi connectivity index (χ2n) is 5.68. The molecule has 0 aliphatic heterocycles. The summed E-state index contributed by atoms with van der Waals surface area (Å²) in [5, 5.41) is 2.92. The topological polar surface area (TPSA) is 58.4 Å². The normalized spacial score (nSPS) is 12.8. The second-order valence-corrected chi connectivity index (χ2v) is 5.68. The maximum Gasteiger partial charge on any atom is 0.224 e. The number of carbonyl (C=O) groups excluding carboxylic acids is 1. The van der Waals surface area contributed by atoms with Crippen molar-refractivity contribution in [2.45, 2.75) is 39.9 Å². The van der Waals surface area contributed by atoms with Crippen molar-refractivity contribution in [3.63, 3.8) is 0 Å². The van der Waals surface area contributed by atoms with Crippen LogP contribution in [-0.4, -0.2) is 30.4 Å². The van der Waals surface area contributed by atoms with E-state index in [9.17, 15) is 4.79 Å². The number of amides is 1. The summed E-state index contributed by atoms with van der Waals surface area (Å²) in [5.41, 5.74) is 7.87. The highest BCUT2D eigenvalue weighted by Gasteiger charge is 2.10. The maximum atomic E-state index is 11.7. The van der Waals surface area contributed by atoms with E-state index in [1.807, 2.05) is 19.1 Å². The zero-order valence-electron chi connectivity index (χ0n) is 13.0. The van der Waals surface area contributed by atoms with Crippen molar-refractivity contribution in [2.75, 3.05) is 13.6 Å². The van der Waals surface area contributed by atoms with Crippen LogP contribution in [0.3, 0.4) is 0 Å². The average molecular weight is 277 g/mol. The van der Waals surface area contributed by atoms with Crippen LogP contribution in [-0.2, 0) is 17.9 Å². The van der Waals surface area contributed by atoms with Crippen LogP contribution < -0.4 is 11.1 Å². The van der Waals surface area contributed by atoms with E-state index in [-0.39, 0.29) is 11.8 Å². The van der Waals surface area contributed by atoms with Crippen LogP contribution in [0.2, 0.25) is 0 Å². The Morgan fingerprint density at radius 3 is 2.55 bits per heavy atom. The summed E-state index contributed by atoms with van der Waals surface area (Å²) in [7, 11) is 2.11. The number of benzene rings is 1. The quantitative estimate of drug-likeness (QED) is 0.798. The number of nitrogens with two attached hydrogens (primary N) is 1. The summed E-state index contributed by atoms with van der Waals surface area (Å²) in [6.07, 6.45) is 0. The van der Waals surface area contributed by atoms with Crippen LogP contribution in [0.15, 0.2) is 24.3 Å². The molecule has 0 aliphatic rings. The first-order chi connectivity index (χ1) is 9.43. The standard InChI is InChI=1S/C16H27N3O/c1-12(2)19(4)11-15-7-5-6-14(8-15)10-18-16(20)13(3)9-17/h5-8,12-13H,9-11,17H2,1-4H3,(H,18,20). The molecule has 0 heterocycles. The monoisotopic (exact) mass is 277 g/mol. The molecule has 1 unspecified atom stereocenters. The van der Waals surface area contributed by atoms with Crippen LogP contribution in [0.25, 0.3) is 0 Å². The van der Waals surface area contributed by atoms with Gasteiger partial charge in [-0.15, -0.1) is 0 Å². The van der Waals surface area contributed by atoms with Gasteiger partial charge in [0.1, 0.15) is 0 Å². The Hall–Kier alpha value is -1.39. The number of nitrogens with zero attached hydrogens (tertiary/aromatic N) is 1. The van der Waals surface area contributed by atoms with Crippen molar-refractivity contribution in [3.8, 4) is 0 Å². The lowest BCUT2D eigenvalue weighted by Gasteiger charge is -2.21. The van der Waals surface area contributed by atoms with Gasteiger partial charge in [-0.25, -0.2) is 0 Å². The molecule has 1 atom stereocenters. The van der Waals surface area contributed by atoms with Crippen molar-refractivity contribution in [1.82, 2.24) is 10.2 Å². The third kappa shape index (κ3) is 5.31. The molecule has 0 radical (unpaired) electrons. The summed E-state index contributed by atoms with van der Waals surface area (Å²) in [5.74, 6) is -0.123. The molecule has 1 aromatic carbocycles. The molecule has 0 aliphatic carbocycles. The van der Waals surface area contributed by atoms with Gasteiger partial charge < -0.3 is 11.1 Å². The third-order valence-electron chi connectivity index (χ3n) is 3.57. The predicted molar refractivity (Wildman–Crippen MR) is 83.1 cm³/mol. The van der Waals surface area contributed by atoms with E-state index in [0.29, 0.717) is 19.1 Å². The minimum atomic E-state index is -0.134. The van der Waals surface area contributed by atoms with E-state index in [2.05, 4.69) is 43.2 Å². The van der Waals surface area contributed by atoms with Crippen molar-refractivity contribution in [1.29, 1.82) is 0 Å². The number of nitrogens with one attached hydrogen (secondary N) is 1. The number of hydrogen-bond acceptors (Lipinski definition) is 3. The maximum absolute atomic E-state index is 11.7. The van der Waals surface area contributed by atoms with E-state index in [1.54, 1.807) is 0 Å². The summed E-state index contributed by atoms with van der Waals surface area (Å²) in [6, 6.07) is 8.85. The molecule has 1 amide bonds.